The van der Waals surface area contributed by atoms with Crippen molar-refractivity contribution in [3.63, 3.8) is 0 Å². The van der Waals surface area contributed by atoms with Gasteiger partial charge in [0.25, 0.3) is 0 Å². The first-order valence-corrected chi connectivity index (χ1v) is 12.7. The molecule has 0 aliphatic rings. The van der Waals surface area contributed by atoms with Gasteiger partial charge in [0.1, 0.15) is 0 Å². The Morgan fingerprint density at radius 3 is 2.29 bits per heavy atom. The van der Waals surface area contributed by atoms with Crippen molar-refractivity contribution in [1.82, 2.24) is 4.72 Å². The molecule has 0 saturated heterocycles. The predicted octanol–water partition coefficient (Wildman–Crippen LogP) is 5.83. The first-order chi connectivity index (χ1) is 14.9. The fraction of sp³-hybridized carbons (Fsp3) is 0.458. The van der Waals surface area contributed by atoms with E-state index in [4.69, 9.17) is 16.3 Å². The van der Waals surface area contributed by atoms with Crippen LogP contribution in [0.4, 0.5) is 0 Å². The highest BCUT2D eigenvalue weighted by Gasteiger charge is 2.21. The maximum atomic E-state index is 12.9. The Hall–Kier alpha value is -1.89. The van der Waals surface area contributed by atoms with Crippen molar-refractivity contribution >= 4 is 27.6 Å². The molecule has 31 heavy (non-hydrogen) atoms. The Kier molecular flexibility index (Phi) is 10.5. The Bertz CT molecular complexity index is 912. The summed E-state index contributed by atoms with van der Waals surface area (Å²) in [6.07, 6.45) is 5.67. The van der Waals surface area contributed by atoms with Crippen LogP contribution in [0, 0.1) is 0 Å². The number of aryl methyl sites for hydroxylation is 1. The number of halogens is 1. The highest BCUT2D eigenvalue weighted by Crippen LogP contribution is 2.24. The summed E-state index contributed by atoms with van der Waals surface area (Å²) in [4.78, 5) is 11.7. The molecule has 0 aromatic heterocycles. The van der Waals surface area contributed by atoms with Crippen molar-refractivity contribution in [2.45, 2.75) is 69.7 Å². The van der Waals surface area contributed by atoms with E-state index < -0.39 is 10.0 Å². The van der Waals surface area contributed by atoms with Crippen molar-refractivity contribution < 1.29 is 17.9 Å². The number of carbonyl (C=O) groups is 1. The molecule has 0 heterocycles. The van der Waals surface area contributed by atoms with Gasteiger partial charge in [0, 0.05) is 17.5 Å². The maximum absolute atomic E-state index is 12.9. The van der Waals surface area contributed by atoms with Gasteiger partial charge < -0.3 is 4.74 Å². The zero-order valence-electron chi connectivity index (χ0n) is 18.3. The number of carbonyl (C=O) groups excluding carboxylic acids is 1. The number of benzene rings is 2. The Balaban J connectivity index is 2.08. The SMILES string of the molecule is CCCCCC(NS(=O)(=O)c1ccc(Cl)cc1)c1ccc(CCCC(=O)OCC)cc1. The van der Waals surface area contributed by atoms with Gasteiger partial charge in [-0.15, -0.1) is 0 Å². The second-order valence-electron chi connectivity index (χ2n) is 7.52. The third kappa shape index (κ3) is 8.63. The van der Waals surface area contributed by atoms with Crippen LogP contribution < -0.4 is 4.72 Å². The lowest BCUT2D eigenvalue weighted by molar-refractivity contribution is -0.143. The first-order valence-electron chi connectivity index (χ1n) is 10.9. The third-order valence-electron chi connectivity index (χ3n) is 5.05. The summed E-state index contributed by atoms with van der Waals surface area (Å²) in [6, 6.07) is 13.8. The van der Waals surface area contributed by atoms with Crippen LogP contribution in [0.15, 0.2) is 53.4 Å². The third-order valence-corrected chi connectivity index (χ3v) is 6.79. The van der Waals surface area contributed by atoms with Crippen LogP contribution in [0.25, 0.3) is 0 Å². The van der Waals surface area contributed by atoms with E-state index >= 15 is 0 Å². The average Bonchev–Trinajstić information content (AvgIpc) is 2.74. The molecule has 0 bridgehead atoms. The number of unbranched alkanes of at least 4 members (excludes halogenated alkanes) is 2. The average molecular weight is 466 g/mol. The van der Waals surface area contributed by atoms with Gasteiger partial charge in [-0.2, -0.15) is 0 Å². The molecule has 0 radical (unpaired) electrons. The molecule has 0 fully saturated rings. The molecular weight excluding hydrogens is 434 g/mol. The van der Waals surface area contributed by atoms with Crippen LogP contribution in [0.3, 0.4) is 0 Å². The highest BCUT2D eigenvalue weighted by atomic mass is 35.5. The molecule has 170 valence electrons. The Morgan fingerprint density at radius 2 is 1.68 bits per heavy atom. The summed E-state index contributed by atoms with van der Waals surface area (Å²) in [7, 11) is -3.66. The number of sulfonamides is 1. The van der Waals surface area contributed by atoms with Gasteiger partial charge in [0.15, 0.2) is 0 Å². The molecule has 1 N–H and O–H groups in total. The van der Waals surface area contributed by atoms with Crippen LogP contribution in [-0.2, 0) is 26.0 Å². The Labute approximate surface area is 191 Å². The van der Waals surface area contributed by atoms with E-state index in [1.165, 1.54) is 12.1 Å². The van der Waals surface area contributed by atoms with E-state index in [-0.39, 0.29) is 16.9 Å². The molecule has 0 aliphatic carbocycles. The van der Waals surface area contributed by atoms with Gasteiger partial charge in [-0.05, 0) is 61.6 Å². The van der Waals surface area contributed by atoms with Crippen LogP contribution in [0.5, 0.6) is 0 Å². The lowest BCUT2D eigenvalue weighted by Gasteiger charge is -2.20. The standard InChI is InChI=1S/C24H32ClNO4S/c1-3-5-6-9-23(26-31(28,29)22-17-15-21(25)16-18-22)20-13-11-19(12-14-20)8-7-10-24(27)30-4-2/h11-18,23,26H,3-10H2,1-2H3. The number of rotatable bonds is 13. The second-order valence-corrected chi connectivity index (χ2v) is 9.67. The largest absolute Gasteiger partial charge is 0.466 e. The van der Waals surface area contributed by atoms with E-state index in [1.807, 2.05) is 24.3 Å². The normalized spacial score (nSPS) is 12.5. The minimum absolute atomic E-state index is 0.174. The number of ether oxygens (including phenoxy) is 1. The maximum Gasteiger partial charge on any atom is 0.305 e. The predicted molar refractivity (Wildman–Crippen MR) is 125 cm³/mol. The zero-order valence-corrected chi connectivity index (χ0v) is 19.8. The van der Waals surface area contributed by atoms with E-state index in [2.05, 4.69) is 11.6 Å². The second kappa shape index (κ2) is 12.8. The van der Waals surface area contributed by atoms with Crippen molar-refractivity contribution in [3.8, 4) is 0 Å². The fourth-order valence-electron chi connectivity index (χ4n) is 3.35. The lowest BCUT2D eigenvalue weighted by atomic mass is 9.99. The summed E-state index contributed by atoms with van der Waals surface area (Å²) in [6.45, 7) is 4.32. The summed E-state index contributed by atoms with van der Waals surface area (Å²) in [5, 5.41) is 0.497. The molecule has 0 saturated carbocycles. The summed E-state index contributed by atoms with van der Waals surface area (Å²) >= 11 is 5.89. The number of nitrogens with one attached hydrogen (secondary N) is 1. The molecule has 2 aromatic carbocycles. The minimum Gasteiger partial charge on any atom is -0.466 e. The van der Waals surface area contributed by atoms with Crippen molar-refractivity contribution in [2.24, 2.45) is 0 Å². The highest BCUT2D eigenvalue weighted by molar-refractivity contribution is 7.89. The first kappa shape index (κ1) is 25.4. The molecule has 1 unspecified atom stereocenters. The molecule has 5 nitrogen and oxygen atoms in total. The molecule has 0 spiro atoms. The van der Waals surface area contributed by atoms with Gasteiger partial charge in [0.2, 0.25) is 10.0 Å². The number of hydrogen-bond acceptors (Lipinski definition) is 4. The van der Waals surface area contributed by atoms with Crippen LogP contribution in [0.2, 0.25) is 5.02 Å². The van der Waals surface area contributed by atoms with Crippen LogP contribution in [-0.4, -0.2) is 21.0 Å². The van der Waals surface area contributed by atoms with Crippen LogP contribution in [0.1, 0.15) is 69.5 Å². The van der Waals surface area contributed by atoms with Gasteiger partial charge in [-0.3, -0.25) is 4.79 Å². The molecule has 1 atom stereocenters. The van der Waals surface area contributed by atoms with Crippen LogP contribution >= 0.6 is 11.6 Å². The van der Waals surface area contributed by atoms with Gasteiger partial charge in [0.05, 0.1) is 11.5 Å². The van der Waals surface area contributed by atoms with E-state index in [1.54, 1.807) is 19.1 Å². The van der Waals surface area contributed by atoms with Gasteiger partial charge >= 0.3 is 5.97 Å². The number of hydrogen-bond donors (Lipinski definition) is 1. The molecule has 2 rings (SSSR count). The smallest absolute Gasteiger partial charge is 0.305 e. The fourth-order valence-corrected chi connectivity index (χ4v) is 4.73. The quantitative estimate of drug-likeness (QED) is 0.298. The van der Waals surface area contributed by atoms with Gasteiger partial charge in [-0.1, -0.05) is 62.1 Å². The van der Waals surface area contributed by atoms with E-state index in [9.17, 15) is 13.2 Å². The van der Waals surface area contributed by atoms with Crippen molar-refractivity contribution in [2.75, 3.05) is 6.61 Å². The topological polar surface area (TPSA) is 72.5 Å². The minimum atomic E-state index is -3.66. The van der Waals surface area contributed by atoms with E-state index in [0.717, 1.165) is 49.7 Å². The zero-order chi connectivity index (χ0) is 22.7. The molecule has 7 heteroatoms. The molecule has 0 aliphatic heterocycles. The molecular formula is C24H32ClNO4S. The van der Waals surface area contributed by atoms with Crippen molar-refractivity contribution in [3.05, 3.63) is 64.7 Å². The molecule has 0 amide bonds. The van der Waals surface area contributed by atoms with Gasteiger partial charge in [-0.25, -0.2) is 13.1 Å². The number of esters is 1. The van der Waals surface area contributed by atoms with E-state index in [0.29, 0.717) is 18.1 Å². The lowest BCUT2D eigenvalue weighted by Crippen LogP contribution is -2.28. The summed E-state index contributed by atoms with van der Waals surface area (Å²) < 4.78 is 33.6. The summed E-state index contributed by atoms with van der Waals surface area (Å²) in [5.74, 6) is -0.174. The Morgan fingerprint density at radius 1 is 1.00 bits per heavy atom. The molecule has 2 aromatic rings. The summed E-state index contributed by atoms with van der Waals surface area (Å²) in [5.41, 5.74) is 2.05. The van der Waals surface area contributed by atoms with Crippen molar-refractivity contribution in [1.29, 1.82) is 0 Å². The monoisotopic (exact) mass is 465 g/mol.